The van der Waals surface area contributed by atoms with Crippen LogP contribution in [0.5, 0.6) is 0 Å². The summed E-state index contributed by atoms with van der Waals surface area (Å²) >= 11 is 0. The number of nitrogen functional groups attached to an aromatic ring is 1. The fourth-order valence-electron chi connectivity index (χ4n) is 1.27. The molecule has 70 valence electrons. The van der Waals surface area contributed by atoms with Crippen molar-refractivity contribution in [3.05, 3.63) is 35.9 Å². The Kier molecular flexibility index (Phi) is 2.09. The van der Waals surface area contributed by atoms with E-state index in [1.807, 2.05) is 30.3 Å². The minimum absolute atomic E-state index is 0.522. The molecule has 0 aromatic heterocycles. The van der Waals surface area contributed by atoms with Crippen molar-refractivity contribution in [2.45, 2.75) is 6.10 Å². The highest BCUT2D eigenvalue weighted by Gasteiger charge is 2.16. The van der Waals surface area contributed by atoms with Crippen molar-refractivity contribution in [2.24, 2.45) is 0 Å². The molecule has 0 amide bonds. The highest BCUT2D eigenvalue weighted by molar-refractivity contribution is 5.68. The largest absolute Gasteiger partial charge is 0.399 e. The van der Waals surface area contributed by atoms with E-state index in [0.29, 0.717) is 5.69 Å². The molecule has 3 N–H and O–H groups in total. The van der Waals surface area contributed by atoms with Crippen LogP contribution >= 0.6 is 0 Å². The minimum Gasteiger partial charge on any atom is -0.399 e. The van der Waals surface area contributed by atoms with Crippen molar-refractivity contribution < 1.29 is 4.84 Å². The number of nitrogens with zero attached hydrogens (tertiary/aromatic N) is 1. The van der Waals surface area contributed by atoms with E-state index in [0.717, 1.165) is 11.3 Å². The van der Waals surface area contributed by atoms with E-state index in [4.69, 9.17) is 15.8 Å². The van der Waals surface area contributed by atoms with Gasteiger partial charge in [0.1, 0.15) is 6.07 Å². The molecule has 0 saturated heterocycles. The van der Waals surface area contributed by atoms with Gasteiger partial charge in [0.05, 0.1) is 5.70 Å². The van der Waals surface area contributed by atoms with Crippen LogP contribution in [0.4, 0.5) is 5.69 Å². The van der Waals surface area contributed by atoms with Gasteiger partial charge in [-0.05, 0) is 18.2 Å². The Balaban J connectivity index is 2.29. The molecule has 1 aliphatic rings. The van der Waals surface area contributed by atoms with Gasteiger partial charge in [-0.15, -0.1) is 0 Å². The van der Waals surface area contributed by atoms with Crippen LogP contribution < -0.4 is 11.2 Å². The van der Waals surface area contributed by atoms with Crippen molar-refractivity contribution in [3.8, 4) is 6.07 Å². The summed E-state index contributed by atoms with van der Waals surface area (Å²) in [6.45, 7) is 0. The maximum Gasteiger partial charge on any atom is 0.192 e. The zero-order chi connectivity index (χ0) is 9.97. The van der Waals surface area contributed by atoms with E-state index in [9.17, 15) is 0 Å². The van der Waals surface area contributed by atoms with E-state index < -0.39 is 6.10 Å². The van der Waals surface area contributed by atoms with Crippen molar-refractivity contribution in [3.63, 3.8) is 0 Å². The molecule has 1 heterocycles. The van der Waals surface area contributed by atoms with E-state index in [1.165, 1.54) is 0 Å². The number of nitrogens with two attached hydrogens (primary N) is 1. The highest BCUT2D eigenvalue weighted by atomic mass is 16.7. The van der Waals surface area contributed by atoms with Crippen LogP contribution in [0.3, 0.4) is 0 Å². The van der Waals surface area contributed by atoms with Crippen LogP contribution in [0.25, 0.3) is 5.70 Å². The van der Waals surface area contributed by atoms with E-state index in [2.05, 4.69) is 5.48 Å². The minimum atomic E-state index is -0.522. The summed E-state index contributed by atoms with van der Waals surface area (Å²) in [5.74, 6) is 0. The standard InChI is InChI=1S/C10H9N3O/c11-6-9-5-10(13-14-9)7-2-1-3-8(12)4-7/h1-5,9,13H,12H2. The number of hydrogen-bond acceptors (Lipinski definition) is 4. The summed E-state index contributed by atoms with van der Waals surface area (Å²) in [6.07, 6.45) is 1.20. The van der Waals surface area contributed by atoms with Crippen LogP contribution in [0.1, 0.15) is 5.56 Å². The fraction of sp³-hybridized carbons (Fsp3) is 0.100. The molecule has 1 aromatic rings. The van der Waals surface area contributed by atoms with Gasteiger partial charge < -0.3 is 5.73 Å². The van der Waals surface area contributed by atoms with Crippen molar-refractivity contribution >= 4 is 11.4 Å². The second-order valence-corrected chi connectivity index (χ2v) is 2.98. The Hall–Kier alpha value is -1.99. The van der Waals surface area contributed by atoms with Crippen molar-refractivity contribution in [1.82, 2.24) is 5.48 Å². The summed E-state index contributed by atoms with van der Waals surface area (Å²) in [4.78, 5) is 4.96. The number of benzene rings is 1. The first kappa shape index (κ1) is 8.60. The number of nitriles is 1. The molecule has 0 aliphatic carbocycles. The Labute approximate surface area is 81.5 Å². The summed E-state index contributed by atoms with van der Waals surface area (Å²) in [5, 5.41) is 8.60. The molecule has 0 fully saturated rings. The Bertz CT molecular complexity index is 420. The molecule has 0 radical (unpaired) electrons. The molecule has 1 aliphatic heterocycles. The van der Waals surface area contributed by atoms with Gasteiger partial charge in [-0.2, -0.15) is 5.26 Å². The lowest BCUT2D eigenvalue weighted by molar-refractivity contribution is 0.0824. The van der Waals surface area contributed by atoms with Crippen LogP contribution in [0.15, 0.2) is 30.3 Å². The predicted molar refractivity (Wildman–Crippen MR) is 52.5 cm³/mol. The lowest BCUT2D eigenvalue weighted by Gasteiger charge is -2.03. The van der Waals surface area contributed by atoms with Crippen LogP contribution in [-0.2, 0) is 4.84 Å². The first-order valence-electron chi connectivity index (χ1n) is 4.18. The number of hydroxylamine groups is 1. The molecule has 1 unspecified atom stereocenters. The van der Waals surface area contributed by atoms with Gasteiger partial charge >= 0.3 is 0 Å². The van der Waals surface area contributed by atoms with Gasteiger partial charge in [0.15, 0.2) is 6.10 Å². The monoisotopic (exact) mass is 187 g/mol. The Morgan fingerprint density at radius 3 is 3.00 bits per heavy atom. The summed E-state index contributed by atoms with van der Waals surface area (Å²) in [7, 11) is 0. The maximum atomic E-state index is 8.60. The topological polar surface area (TPSA) is 71.1 Å². The first-order valence-corrected chi connectivity index (χ1v) is 4.18. The first-order chi connectivity index (χ1) is 6.79. The molecular formula is C10H9N3O. The van der Waals surface area contributed by atoms with E-state index >= 15 is 0 Å². The van der Waals surface area contributed by atoms with Crippen LogP contribution in [0, 0.1) is 11.3 Å². The number of hydrogen-bond donors (Lipinski definition) is 2. The Morgan fingerprint density at radius 2 is 2.36 bits per heavy atom. The van der Waals surface area contributed by atoms with Crippen LogP contribution in [0.2, 0.25) is 0 Å². The van der Waals surface area contributed by atoms with Gasteiger partial charge in [-0.25, -0.2) is 0 Å². The van der Waals surface area contributed by atoms with E-state index in [1.54, 1.807) is 6.08 Å². The van der Waals surface area contributed by atoms with Crippen LogP contribution in [-0.4, -0.2) is 6.10 Å². The zero-order valence-corrected chi connectivity index (χ0v) is 7.40. The average molecular weight is 187 g/mol. The summed E-state index contributed by atoms with van der Waals surface area (Å²) in [6, 6.07) is 9.37. The third-order valence-corrected chi connectivity index (χ3v) is 1.94. The number of nitrogens with one attached hydrogen (secondary N) is 1. The van der Waals surface area contributed by atoms with Gasteiger partial charge in [-0.1, -0.05) is 12.1 Å². The molecule has 0 bridgehead atoms. The van der Waals surface area contributed by atoms with Crippen molar-refractivity contribution in [1.29, 1.82) is 5.26 Å². The van der Waals surface area contributed by atoms with Gasteiger partial charge in [0.2, 0.25) is 0 Å². The fourth-order valence-corrected chi connectivity index (χ4v) is 1.27. The van der Waals surface area contributed by atoms with Gasteiger partial charge in [0.25, 0.3) is 0 Å². The molecule has 1 atom stereocenters. The lowest BCUT2D eigenvalue weighted by Crippen LogP contribution is -2.10. The third-order valence-electron chi connectivity index (χ3n) is 1.94. The SMILES string of the molecule is N#CC1C=C(c2cccc(N)c2)NO1. The molecule has 2 rings (SSSR count). The molecular weight excluding hydrogens is 178 g/mol. The molecule has 14 heavy (non-hydrogen) atoms. The maximum absolute atomic E-state index is 8.60. The molecule has 1 aromatic carbocycles. The van der Waals surface area contributed by atoms with Crippen molar-refractivity contribution in [2.75, 3.05) is 5.73 Å². The molecule has 4 heteroatoms. The molecule has 0 saturated carbocycles. The highest BCUT2D eigenvalue weighted by Crippen LogP contribution is 2.19. The van der Waals surface area contributed by atoms with Gasteiger partial charge in [0, 0.05) is 11.3 Å². The van der Waals surface area contributed by atoms with Gasteiger partial charge in [-0.3, -0.25) is 10.3 Å². The third kappa shape index (κ3) is 1.53. The summed E-state index contributed by atoms with van der Waals surface area (Å²) < 4.78 is 0. The number of rotatable bonds is 1. The normalized spacial score (nSPS) is 19.6. The smallest absolute Gasteiger partial charge is 0.192 e. The average Bonchev–Trinajstić information content (AvgIpc) is 2.66. The number of anilines is 1. The second-order valence-electron chi connectivity index (χ2n) is 2.98. The summed E-state index contributed by atoms with van der Waals surface area (Å²) in [5.41, 5.74) is 10.7. The Morgan fingerprint density at radius 1 is 1.50 bits per heavy atom. The molecule has 0 spiro atoms. The predicted octanol–water partition coefficient (Wildman–Crippen LogP) is 1.04. The van der Waals surface area contributed by atoms with E-state index in [-0.39, 0.29) is 0 Å². The second kappa shape index (κ2) is 3.40. The zero-order valence-electron chi connectivity index (χ0n) is 7.40. The quantitative estimate of drug-likeness (QED) is 0.644. The lowest BCUT2D eigenvalue weighted by atomic mass is 10.1. The molecule has 4 nitrogen and oxygen atoms in total.